The topological polar surface area (TPSA) is 57.3 Å². The number of hydrogen-bond donors (Lipinski definition) is 2. The summed E-state index contributed by atoms with van der Waals surface area (Å²) in [6.45, 7) is 2.57. The summed E-state index contributed by atoms with van der Waals surface area (Å²) in [6, 6.07) is 18.3. The summed E-state index contributed by atoms with van der Waals surface area (Å²) < 4.78 is 0. The lowest BCUT2D eigenvalue weighted by Gasteiger charge is -2.20. The van der Waals surface area contributed by atoms with Gasteiger partial charge in [0.15, 0.2) is 0 Å². The van der Waals surface area contributed by atoms with Gasteiger partial charge in [-0.2, -0.15) is 0 Å². The van der Waals surface area contributed by atoms with Gasteiger partial charge in [-0.3, -0.25) is 9.78 Å². The normalized spacial score (nSPS) is 15.8. The second-order valence-electron chi connectivity index (χ2n) is 7.04. The molecule has 1 fully saturated rings. The van der Waals surface area contributed by atoms with E-state index in [9.17, 15) is 4.79 Å². The highest BCUT2D eigenvalue weighted by Crippen LogP contribution is 2.27. The minimum Gasteiger partial charge on any atom is -0.380 e. The van der Waals surface area contributed by atoms with Gasteiger partial charge in [-0.25, -0.2) is 0 Å². The number of rotatable bonds is 5. The number of pyridine rings is 1. The highest BCUT2D eigenvalue weighted by atomic mass is 35.5. The van der Waals surface area contributed by atoms with E-state index in [4.69, 9.17) is 0 Å². The summed E-state index contributed by atoms with van der Waals surface area (Å²) in [7, 11) is 1.83. The van der Waals surface area contributed by atoms with Crippen molar-refractivity contribution >= 4 is 34.9 Å². The molecule has 0 saturated carbocycles. The van der Waals surface area contributed by atoms with Crippen LogP contribution in [0, 0.1) is 0 Å². The number of carbonyl (C=O) groups is 1. The summed E-state index contributed by atoms with van der Waals surface area (Å²) in [5.41, 5.74) is 3.53. The van der Waals surface area contributed by atoms with Crippen LogP contribution in [-0.4, -0.2) is 42.0 Å². The zero-order valence-corrected chi connectivity index (χ0v) is 16.7. The highest BCUT2D eigenvalue weighted by Gasteiger charge is 2.19. The van der Waals surface area contributed by atoms with Crippen molar-refractivity contribution in [3.8, 4) is 0 Å². The molecule has 0 bridgehead atoms. The fourth-order valence-electron chi connectivity index (χ4n) is 3.60. The molecular weight excluding hydrogens is 372 g/mol. The monoisotopic (exact) mass is 396 g/mol. The average Bonchev–Trinajstić information content (AvgIpc) is 3.22. The molecule has 5 nitrogen and oxygen atoms in total. The van der Waals surface area contributed by atoms with E-state index in [-0.39, 0.29) is 18.3 Å². The smallest absolute Gasteiger partial charge is 0.256 e. The Kier molecular flexibility index (Phi) is 6.49. The Labute approximate surface area is 171 Å². The molecule has 4 rings (SSSR count). The molecule has 1 saturated heterocycles. The van der Waals surface area contributed by atoms with Crippen LogP contribution in [0.15, 0.2) is 60.8 Å². The van der Waals surface area contributed by atoms with Gasteiger partial charge in [0.2, 0.25) is 0 Å². The van der Waals surface area contributed by atoms with E-state index in [1.165, 1.54) is 0 Å². The fourth-order valence-corrected chi connectivity index (χ4v) is 3.60. The van der Waals surface area contributed by atoms with Gasteiger partial charge in [-0.05, 0) is 42.8 Å². The van der Waals surface area contributed by atoms with E-state index in [0.717, 1.165) is 41.7 Å². The number of halogens is 1. The molecule has 0 spiro atoms. The van der Waals surface area contributed by atoms with Crippen molar-refractivity contribution in [2.24, 2.45) is 0 Å². The first-order chi connectivity index (χ1) is 13.2. The van der Waals surface area contributed by atoms with E-state index in [0.29, 0.717) is 18.2 Å². The predicted molar refractivity (Wildman–Crippen MR) is 116 cm³/mol. The van der Waals surface area contributed by atoms with E-state index < -0.39 is 0 Å². The maximum absolute atomic E-state index is 13.1. The Bertz CT molecular complexity index is 942. The summed E-state index contributed by atoms with van der Waals surface area (Å²) in [5, 5.41) is 7.95. The second kappa shape index (κ2) is 9.04. The number of fused-ring (bicyclic) bond motifs is 1. The Hall–Kier alpha value is -2.63. The molecule has 146 valence electrons. The Morgan fingerprint density at radius 2 is 2.00 bits per heavy atom. The van der Waals surface area contributed by atoms with Crippen LogP contribution in [0.3, 0.4) is 0 Å². The molecule has 1 amide bonds. The van der Waals surface area contributed by atoms with Crippen molar-refractivity contribution < 1.29 is 4.79 Å². The molecule has 0 aliphatic carbocycles. The largest absolute Gasteiger partial charge is 0.380 e. The minimum atomic E-state index is -0.0170. The minimum absolute atomic E-state index is 0. The molecule has 28 heavy (non-hydrogen) atoms. The average molecular weight is 397 g/mol. The highest BCUT2D eigenvalue weighted by molar-refractivity contribution is 6.08. The van der Waals surface area contributed by atoms with Gasteiger partial charge < -0.3 is 15.5 Å². The number of anilines is 1. The Morgan fingerprint density at radius 3 is 2.75 bits per heavy atom. The van der Waals surface area contributed by atoms with Gasteiger partial charge in [-0.1, -0.05) is 30.3 Å². The van der Waals surface area contributed by atoms with Crippen LogP contribution in [0.4, 0.5) is 5.69 Å². The van der Waals surface area contributed by atoms with Gasteiger partial charge in [0.05, 0.1) is 11.1 Å². The van der Waals surface area contributed by atoms with Crippen molar-refractivity contribution in [3.05, 3.63) is 71.9 Å². The first kappa shape index (κ1) is 20.1. The number of nitrogens with one attached hydrogen (secondary N) is 2. The van der Waals surface area contributed by atoms with Crippen LogP contribution in [0.2, 0.25) is 0 Å². The van der Waals surface area contributed by atoms with Gasteiger partial charge in [0.1, 0.15) is 0 Å². The second-order valence-corrected chi connectivity index (χ2v) is 7.04. The zero-order chi connectivity index (χ0) is 18.6. The first-order valence-corrected chi connectivity index (χ1v) is 9.37. The third-order valence-electron chi connectivity index (χ3n) is 5.03. The molecule has 0 radical (unpaired) electrons. The molecule has 1 aromatic heterocycles. The van der Waals surface area contributed by atoms with Gasteiger partial charge >= 0.3 is 0 Å². The quantitative estimate of drug-likeness (QED) is 0.690. The number of nitrogens with zero attached hydrogens (tertiary/aromatic N) is 2. The lowest BCUT2D eigenvalue weighted by atomic mass is 10.1. The maximum Gasteiger partial charge on any atom is 0.256 e. The molecule has 1 aliphatic heterocycles. The molecule has 1 aliphatic rings. The summed E-state index contributed by atoms with van der Waals surface area (Å²) in [6.07, 6.45) is 2.85. The number of carbonyl (C=O) groups excluding carboxylic acids is 1. The molecule has 2 heterocycles. The van der Waals surface area contributed by atoms with Crippen molar-refractivity contribution in [1.29, 1.82) is 0 Å². The first-order valence-electron chi connectivity index (χ1n) is 9.37. The van der Waals surface area contributed by atoms with Crippen molar-refractivity contribution in [1.82, 2.24) is 15.2 Å². The molecule has 2 N–H and O–H groups in total. The van der Waals surface area contributed by atoms with E-state index in [2.05, 4.69) is 15.6 Å². The van der Waals surface area contributed by atoms with Gasteiger partial charge in [-0.15, -0.1) is 12.4 Å². The predicted octanol–water partition coefficient (Wildman–Crippen LogP) is 3.70. The number of hydrogen-bond acceptors (Lipinski definition) is 4. The van der Waals surface area contributed by atoms with Crippen LogP contribution in [0.5, 0.6) is 0 Å². The van der Waals surface area contributed by atoms with E-state index >= 15 is 0 Å². The van der Waals surface area contributed by atoms with Crippen LogP contribution in [-0.2, 0) is 6.54 Å². The fraction of sp³-hybridized carbons (Fsp3) is 0.273. The number of benzene rings is 2. The van der Waals surface area contributed by atoms with E-state index in [1.807, 2.05) is 61.6 Å². The lowest BCUT2D eigenvalue weighted by molar-refractivity contribution is 0.0787. The summed E-state index contributed by atoms with van der Waals surface area (Å²) in [5.74, 6) is -0.0170. The summed E-state index contributed by atoms with van der Waals surface area (Å²) >= 11 is 0. The third-order valence-corrected chi connectivity index (χ3v) is 5.03. The third kappa shape index (κ3) is 4.26. The molecule has 0 unspecified atom stereocenters. The van der Waals surface area contributed by atoms with Crippen LogP contribution in [0.1, 0.15) is 22.3 Å². The molecule has 2 aromatic carbocycles. The van der Waals surface area contributed by atoms with Crippen molar-refractivity contribution in [3.63, 3.8) is 0 Å². The molecular formula is C22H25ClN4O. The van der Waals surface area contributed by atoms with Gasteiger partial charge in [0.25, 0.3) is 5.91 Å². The molecule has 6 heteroatoms. The number of amides is 1. The lowest BCUT2D eigenvalue weighted by Crippen LogP contribution is -2.27. The van der Waals surface area contributed by atoms with Gasteiger partial charge in [0, 0.05) is 43.4 Å². The Balaban J connectivity index is 0.00000225. The van der Waals surface area contributed by atoms with Crippen LogP contribution < -0.4 is 10.6 Å². The number of aromatic nitrogens is 1. The Morgan fingerprint density at radius 1 is 1.18 bits per heavy atom. The summed E-state index contributed by atoms with van der Waals surface area (Å²) in [4.78, 5) is 19.3. The molecule has 3 aromatic rings. The zero-order valence-electron chi connectivity index (χ0n) is 15.9. The standard InChI is InChI=1S/C22H24N4O.ClH/c1-26(15-16-6-3-2-4-7-16)22(27)19-9-10-20(25-17-11-13-23-14-17)18-8-5-12-24-21(18)19;/h2-10,12,17,23,25H,11,13-15H2,1H3;1H/t17-;/m0./s1. The SMILES string of the molecule is CN(Cc1ccccc1)C(=O)c1ccc(N[C@H]2CCNC2)c2cccnc12.Cl. The maximum atomic E-state index is 13.1. The molecule has 1 atom stereocenters. The van der Waals surface area contributed by atoms with Crippen LogP contribution in [0.25, 0.3) is 10.9 Å². The van der Waals surface area contributed by atoms with Crippen molar-refractivity contribution in [2.45, 2.75) is 19.0 Å². The van der Waals surface area contributed by atoms with Crippen LogP contribution >= 0.6 is 12.4 Å². The van der Waals surface area contributed by atoms with Crippen molar-refractivity contribution in [2.75, 3.05) is 25.5 Å². The van der Waals surface area contributed by atoms with E-state index in [1.54, 1.807) is 11.1 Å².